The average molecular weight is 317 g/mol. The Kier molecular flexibility index (Phi) is 3.14. The first-order valence-corrected chi connectivity index (χ1v) is 7.85. The van der Waals surface area contributed by atoms with Gasteiger partial charge in [0.15, 0.2) is 5.69 Å². The van der Waals surface area contributed by atoms with Crippen LogP contribution in [0.2, 0.25) is 0 Å². The van der Waals surface area contributed by atoms with Gasteiger partial charge < -0.3 is 0 Å². The van der Waals surface area contributed by atoms with Gasteiger partial charge in [-0.25, -0.2) is 4.98 Å². The van der Waals surface area contributed by atoms with Crippen molar-refractivity contribution in [2.75, 3.05) is 0 Å². The van der Waals surface area contributed by atoms with Gasteiger partial charge in [0.1, 0.15) is 16.8 Å². The fourth-order valence-corrected chi connectivity index (χ4v) is 3.47. The first-order valence-electron chi connectivity index (χ1n) is 7.04. The van der Waals surface area contributed by atoms with E-state index in [0.29, 0.717) is 16.3 Å². The SMILES string of the molecule is Cc1ccccc1-c1nn2c(C#N)c(-c3ccncc3)nc2s1. The second-order valence-corrected chi connectivity index (χ2v) is 6.03. The number of aromatic nitrogens is 4. The van der Waals surface area contributed by atoms with Crippen LogP contribution < -0.4 is 0 Å². The first kappa shape index (κ1) is 13.6. The van der Waals surface area contributed by atoms with Gasteiger partial charge in [-0.3, -0.25) is 4.98 Å². The summed E-state index contributed by atoms with van der Waals surface area (Å²) in [6.07, 6.45) is 3.38. The minimum absolute atomic E-state index is 0.447. The molecule has 0 atom stereocenters. The van der Waals surface area contributed by atoms with Crippen LogP contribution in [0.5, 0.6) is 0 Å². The monoisotopic (exact) mass is 317 g/mol. The third kappa shape index (κ3) is 2.18. The van der Waals surface area contributed by atoms with Crippen molar-refractivity contribution in [3.8, 4) is 27.9 Å². The van der Waals surface area contributed by atoms with Crippen molar-refractivity contribution in [1.29, 1.82) is 5.26 Å². The molecule has 4 aromatic rings. The molecule has 3 aromatic heterocycles. The summed E-state index contributed by atoms with van der Waals surface area (Å²) < 4.78 is 1.63. The van der Waals surface area contributed by atoms with E-state index in [4.69, 9.17) is 0 Å². The van der Waals surface area contributed by atoms with Gasteiger partial charge >= 0.3 is 0 Å². The number of aryl methyl sites for hydroxylation is 1. The van der Waals surface area contributed by atoms with Gasteiger partial charge in [-0.2, -0.15) is 14.9 Å². The van der Waals surface area contributed by atoms with Crippen LogP contribution in [0.1, 0.15) is 11.3 Å². The second-order valence-electron chi connectivity index (χ2n) is 5.07. The van der Waals surface area contributed by atoms with E-state index < -0.39 is 0 Å². The van der Waals surface area contributed by atoms with Crippen LogP contribution in [0.3, 0.4) is 0 Å². The van der Waals surface area contributed by atoms with E-state index >= 15 is 0 Å². The highest BCUT2D eigenvalue weighted by atomic mass is 32.1. The number of benzene rings is 1. The highest BCUT2D eigenvalue weighted by Gasteiger charge is 2.18. The van der Waals surface area contributed by atoms with Gasteiger partial charge in [0.05, 0.1) is 0 Å². The summed E-state index contributed by atoms with van der Waals surface area (Å²) in [6.45, 7) is 2.05. The number of nitriles is 1. The van der Waals surface area contributed by atoms with E-state index in [1.807, 2.05) is 43.3 Å². The molecular weight excluding hydrogens is 306 g/mol. The van der Waals surface area contributed by atoms with Crippen molar-refractivity contribution in [3.05, 3.63) is 60.0 Å². The van der Waals surface area contributed by atoms with Crippen molar-refractivity contribution in [2.45, 2.75) is 6.92 Å². The van der Waals surface area contributed by atoms with Gasteiger partial charge in [-0.05, 0) is 24.6 Å². The summed E-state index contributed by atoms with van der Waals surface area (Å²) in [4.78, 5) is 9.31. The number of rotatable bonds is 2. The summed E-state index contributed by atoms with van der Waals surface area (Å²) in [5, 5.41) is 15.0. The zero-order valence-electron chi connectivity index (χ0n) is 12.3. The summed E-state index contributed by atoms with van der Waals surface area (Å²) in [5.41, 5.74) is 4.17. The van der Waals surface area contributed by atoms with Crippen molar-refractivity contribution in [1.82, 2.24) is 19.6 Å². The number of pyridine rings is 1. The van der Waals surface area contributed by atoms with Crippen molar-refractivity contribution in [2.24, 2.45) is 0 Å². The molecule has 23 heavy (non-hydrogen) atoms. The van der Waals surface area contributed by atoms with Crippen molar-refractivity contribution in [3.63, 3.8) is 0 Å². The highest BCUT2D eigenvalue weighted by Crippen LogP contribution is 2.31. The topological polar surface area (TPSA) is 66.9 Å². The van der Waals surface area contributed by atoms with Gasteiger partial charge in [-0.15, -0.1) is 0 Å². The third-order valence-electron chi connectivity index (χ3n) is 3.64. The molecule has 110 valence electrons. The molecule has 0 unspecified atom stereocenters. The minimum Gasteiger partial charge on any atom is -0.265 e. The summed E-state index contributed by atoms with van der Waals surface area (Å²) >= 11 is 1.48. The van der Waals surface area contributed by atoms with Crippen LogP contribution in [0.4, 0.5) is 0 Å². The molecule has 3 heterocycles. The molecule has 0 aliphatic carbocycles. The number of hydrogen-bond acceptors (Lipinski definition) is 5. The Hall–Kier alpha value is -3.04. The first-order chi connectivity index (χ1) is 11.3. The quantitative estimate of drug-likeness (QED) is 0.565. The molecule has 0 spiro atoms. The Morgan fingerprint density at radius 3 is 2.65 bits per heavy atom. The third-order valence-corrected chi connectivity index (χ3v) is 4.58. The number of fused-ring (bicyclic) bond motifs is 1. The largest absolute Gasteiger partial charge is 0.265 e. The Morgan fingerprint density at radius 2 is 1.91 bits per heavy atom. The molecule has 0 amide bonds. The molecule has 0 bridgehead atoms. The Labute approximate surface area is 136 Å². The number of imidazole rings is 1. The van der Waals surface area contributed by atoms with E-state index in [2.05, 4.69) is 21.1 Å². The zero-order valence-corrected chi connectivity index (χ0v) is 13.1. The van der Waals surface area contributed by atoms with Crippen LogP contribution in [-0.4, -0.2) is 19.6 Å². The minimum atomic E-state index is 0.447. The van der Waals surface area contributed by atoms with E-state index in [1.54, 1.807) is 16.9 Å². The Morgan fingerprint density at radius 1 is 1.13 bits per heavy atom. The van der Waals surface area contributed by atoms with E-state index in [-0.39, 0.29) is 0 Å². The van der Waals surface area contributed by atoms with Crippen LogP contribution in [0, 0.1) is 18.3 Å². The van der Waals surface area contributed by atoms with Gasteiger partial charge in [0, 0.05) is 23.5 Å². The van der Waals surface area contributed by atoms with Gasteiger partial charge in [0.25, 0.3) is 0 Å². The molecular formula is C17H11N5S. The van der Waals surface area contributed by atoms with Crippen LogP contribution in [-0.2, 0) is 0 Å². The van der Waals surface area contributed by atoms with E-state index in [1.165, 1.54) is 11.3 Å². The maximum absolute atomic E-state index is 9.54. The Bertz CT molecular complexity index is 1040. The molecule has 1 aromatic carbocycles. The van der Waals surface area contributed by atoms with E-state index in [0.717, 1.165) is 21.7 Å². The molecule has 0 aliphatic rings. The lowest BCUT2D eigenvalue weighted by atomic mass is 10.1. The molecule has 0 aliphatic heterocycles. The zero-order chi connectivity index (χ0) is 15.8. The van der Waals surface area contributed by atoms with E-state index in [9.17, 15) is 5.26 Å². The smallest absolute Gasteiger partial charge is 0.214 e. The lowest BCUT2D eigenvalue weighted by Gasteiger charge is -2.00. The van der Waals surface area contributed by atoms with Crippen LogP contribution >= 0.6 is 11.3 Å². The maximum atomic E-state index is 9.54. The fraction of sp³-hybridized carbons (Fsp3) is 0.0588. The standard InChI is InChI=1S/C17H11N5S/c1-11-4-2-3-5-13(11)16-21-22-14(10-18)15(20-17(22)23-16)12-6-8-19-9-7-12/h2-9H,1H3. The number of nitrogens with zero attached hydrogens (tertiary/aromatic N) is 5. The molecule has 0 radical (unpaired) electrons. The lowest BCUT2D eigenvalue weighted by molar-refractivity contribution is 0.959. The number of hydrogen-bond donors (Lipinski definition) is 0. The molecule has 4 rings (SSSR count). The summed E-state index contributed by atoms with van der Waals surface area (Å²) in [5.74, 6) is 0. The summed E-state index contributed by atoms with van der Waals surface area (Å²) in [6, 6.07) is 14.0. The average Bonchev–Trinajstić information content (AvgIpc) is 3.13. The molecule has 0 saturated heterocycles. The van der Waals surface area contributed by atoms with Gasteiger partial charge in [-0.1, -0.05) is 35.6 Å². The normalized spacial score (nSPS) is 10.8. The molecule has 5 nitrogen and oxygen atoms in total. The van der Waals surface area contributed by atoms with Crippen molar-refractivity contribution < 1.29 is 0 Å². The lowest BCUT2D eigenvalue weighted by Crippen LogP contribution is -1.91. The maximum Gasteiger partial charge on any atom is 0.214 e. The fourth-order valence-electron chi connectivity index (χ4n) is 2.48. The van der Waals surface area contributed by atoms with Crippen LogP contribution in [0.15, 0.2) is 48.8 Å². The predicted octanol–water partition coefficient (Wildman–Crippen LogP) is 3.70. The van der Waals surface area contributed by atoms with Crippen molar-refractivity contribution >= 4 is 16.3 Å². The van der Waals surface area contributed by atoms with Crippen LogP contribution in [0.25, 0.3) is 26.8 Å². The molecule has 0 N–H and O–H groups in total. The molecule has 6 heteroatoms. The second kappa shape index (κ2) is 5.30. The molecule has 0 saturated carbocycles. The van der Waals surface area contributed by atoms with Gasteiger partial charge in [0.2, 0.25) is 4.96 Å². The highest BCUT2D eigenvalue weighted by molar-refractivity contribution is 7.19. The summed E-state index contributed by atoms with van der Waals surface area (Å²) in [7, 11) is 0. The molecule has 0 fully saturated rings. The Balaban J connectivity index is 1.91. The predicted molar refractivity (Wildman–Crippen MR) is 89.0 cm³/mol.